The van der Waals surface area contributed by atoms with Gasteiger partial charge in [0.1, 0.15) is 29.4 Å². The molecule has 0 spiro atoms. The second kappa shape index (κ2) is 13.5. The molecule has 3 atom stereocenters. The zero-order valence-electron chi connectivity index (χ0n) is 23.2. The number of hydrogen-bond acceptors (Lipinski definition) is 11. The zero-order valence-corrected chi connectivity index (χ0v) is 25.6. The van der Waals surface area contributed by atoms with Crippen LogP contribution in [0.25, 0.3) is 0 Å². The molecule has 0 saturated carbocycles. The summed E-state index contributed by atoms with van der Waals surface area (Å²) in [5.74, 6) is -2.85. The van der Waals surface area contributed by atoms with Gasteiger partial charge >= 0.3 is 11.9 Å². The van der Waals surface area contributed by atoms with E-state index in [1.165, 1.54) is 28.4 Å². The van der Waals surface area contributed by atoms with E-state index in [2.05, 4.69) is 15.5 Å². The number of thioether (sulfide) groups is 2. The smallest absolute Gasteiger partial charge is 0.378 e. The summed E-state index contributed by atoms with van der Waals surface area (Å²) in [5, 5.41) is 27.5. The number of nitrogen functional groups attached to an aromatic ring is 1. The molecule has 2 amide bonds. The number of carboxylic acid groups (broad SMARTS) is 2. The third kappa shape index (κ3) is 6.41. The van der Waals surface area contributed by atoms with Crippen LogP contribution >= 0.6 is 34.9 Å². The van der Waals surface area contributed by atoms with Crippen LogP contribution in [0.3, 0.4) is 0 Å². The quantitative estimate of drug-likeness (QED) is 0.0734. The maximum atomic E-state index is 13.2. The molecule has 5 N–H and O–H groups in total. The van der Waals surface area contributed by atoms with Gasteiger partial charge in [0.25, 0.3) is 17.9 Å². The van der Waals surface area contributed by atoms with Gasteiger partial charge in [0.05, 0.1) is 0 Å². The Hall–Kier alpha value is -4.41. The number of rotatable bonds is 12. The van der Waals surface area contributed by atoms with Gasteiger partial charge in [-0.1, -0.05) is 35.5 Å². The van der Waals surface area contributed by atoms with Gasteiger partial charge in [-0.2, -0.15) is 4.57 Å². The third-order valence-corrected chi connectivity index (χ3v) is 9.80. The van der Waals surface area contributed by atoms with Crippen LogP contribution in [0.5, 0.6) is 0 Å². The monoisotopic (exact) mass is 655 g/mol. The van der Waals surface area contributed by atoms with Crippen LogP contribution in [0.15, 0.2) is 81.6 Å². The van der Waals surface area contributed by atoms with E-state index in [1.54, 1.807) is 65.7 Å². The first-order valence-corrected chi connectivity index (χ1v) is 16.1. The normalized spacial score (nSPS) is 18.7. The van der Waals surface area contributed by atoms with Gasteiger partial charge < -0.3 is 26.1 Å². The Balaban J connectivity index is 1.27. The first-order chi connectivity index (χ1) is 21.2. The highest BCUT2D eigenvalue weighted by molar-refractivity contribution is 8.01. The van der Waals surface area contributed by atoms with Gasteiger partial charge in [0.2, 0.25) is 0 Å². The van der Waals surface area contributed by atoms with Gasteiger partial charge in [0.15, 0.2) is 23.2 Å². The third-order valence-electron chi connectivity index (χ3n) is 6.68. The van der Waals surface area contributed by atoms with Crippen molar-refractivity contribution in [2.24, 2.45) is 5.16 Å². The summed E-state index contributed by atoms with van der Waals surface area (Å²) in [6.45, 7) is 1.91. The number of pyridine rings is 1. The molecule has 44 heavy (non-hydrogen) atoms. The minimum atomic E-state index is -1.24. The molecule has 0 aliphatic carbocycles. The zero-order chi connectivity index (χ0) is 31.4. The minimum Gasteiger partial charge on any atom is -0.477 e. The average Bonchev–Trinajstić information content (AvgIpc) is 3.45. The molecule has 0 bridgehead atoms. The van der Waals surface area contributed by atoms with Crippen LogP contribution in [0.1, 0.15) is 24.2 Å². The lowest BCUT2D eigenvalue weighted by Crippen LogP contribution is -2.71. The summed E-state index contributed by atoms with van der Waals surface area (Å²) in [7, 11) is 0. The summed E-state index contributed by atoms with van der Waals surface area (Å²) in [4.78, 5) is 61.6. The molecule has 2 aliphatic heterocycles. The van der Waals surface area contributed by atoms with Gasteiger partial charge in [-0.3, -0.25) is 14.5 Å². The van der Waals surface area contributed by atoms with Crippen molar-refractivity contribution in [2.45, 2.75) is 29.3 Å². The van der Waals surface area contributed by atoms with Crippen LogP contribution in [0, 0.1) is 0 Å². The van der Waals surface area contributed by atoms with Crippen LogP contribution in [-0.4, -0.2) is 79.1 Å². The molecule has 1 fully saturated rings. The fourth-order valence-electron chi connectivity index (χ4n) is 4.67. The molecule has 1 saturated heterocycles. The second-order valence-corrected chi connectivity index (χ2v) is 12.5. The number of aromatic nitrogens is 2. The number of aliphatic carboxylic acids is 2. The van der Waals surface area contributed by atoms with Crippen LogP contribution < -0.4 is 15.6 Å². The number of anilines is 1. The maximum absolute atomic E-state index is 13.2. The molecule has 0 radical (unpaired) electrons. The van der Waals surface area contributed by atoms with Gasteiger partial charge in [-0.15, -0.1) is 34.9 Å². The maximum Gasteiger partial charge on any atom is 0.378 e. The second-order valence-electron chi connectivity index (χ2n) is 9.47. The SMILES string of the molecule is CCO/N=C(\C(=O)N[C@@H]1C(=O)N2C(C(=O)O)=C(CSc3cc[n+](C(C(=O)O)c4ccccc4)cc3)CS[C@H]12)c1csc(N)n1. The predicted molar refractivity (Wildman–Crippen MR) is 164 cm³/mol. The Labute approximate surface area is 263 Å². The number of amides is 2. The van der Waals surface area contributed by atoms with Crippen LogP contribution in [0.2, 0.25) is 0 Å². The summed E-state index contributed by atoms with van der Waals surface area (Å²) in [6.07, 6.45) is 3.34. The number of hydrogen-bond donors (Lipinski definition) is 4. The van der Waals surface area contributed by atoms with E-state index in [-0.39, 0.29) is 28.8 Å². The lowest BCUT2D eigenvalue weighted by atomic mass is 10.0. The highest BCUT2D eigenvalue weighted by atomic mass is 32.2. The molecular formula is C28H27N6O7S3+. The summed E-state index contributed by atoms with van der Waals surface area (Å²) >= 11 is 3.85. The molecule has 3 aromatic rings. The molecule has 16 heteroatoms. The van der Waals surface area contributed by atoms with Gasteiger partial charge in [0, 0.05) is 39.5 Å². The molecular weight excluding hydrogens is 629 g/mol. The largest absolute Gasteiger partial charge is 0.477 e. The number of carbonyl (C=O) groups is 4. The van der Waals surface area contributed by atoms with Crippen molar-refractivity contribution in [3.8, 4) is 0 Å². The first-order valence-electron chi connectivity index (χ1n) is 13.2. The fraction of sp³-hybridized carbons (Fsp3) is 0.250. The first kappa shape index (κ1) is 31.0. The van der Waals surface area contributed by atoms with Gasteiger partial charge in [-0.25, -0.2) is 14.6 Å². The van der Waals surface area contributed by atoms with E-state index in [9.17, 15) is 29.4 Å². The Morgan fingerprint density at radius 2 is 1.95 bits per heavy atom. The molecule has 2 aromatic heterocycles. The Kier molecular flexibility index (Phi) is 9.51. The molecule has 1 unspecified atom stereocenters. The lowest BCUT2D eigenvalue weighted by molar-refractivity contribution is -0.702. The standard InChI is InChI=1S/C28H26N6O7S3/c1-2-41-32-19(18-14-44-28(29)30-18)23(35)31-20-24(36)34-22(27(39)40)16(13-43-25(20)34)12-42-17-8-10-33(11-9-17)21(26(37)38)15-6-4-3-5-7-15/h3-11,14,20-21,25H,2,12-13H2,1H3,(H4-,29,30,31,35,37,38,39,40)/p+1/b32-19-/t20-,21?,25-/m1/s1. The Morgan fingerprint density at radius 3 is 2.57 bits per heavy atom. The highest BCUT2D eigenvalue weighted by Gasteiger charge is 2.54. The summed E-state index contributed by atoms with van der Waals surface area (Å²) in [6, 6.07) is 10.6. The van der Waals surface area contributed by atoms with Crippen molar-refractivity contribution >= 4 is 69.5 Å². The predicted octanol–water partition coefficient (Wildman–Crippen LogP) is 1.96. The lowest BCUT2D eigenvalue weighted by Gasteiger charge is -2.49. The van der Waals surface area contributed by atoms with Crippen molar-refractivity contribution in [3.05, 3.63) is 82.8 Å². The molecule has 2 aliphatic rings. The van der Waals surface area contributed by atoms with Crippen LogP contribution in [0.4, 0.5) is 5.13 Å². The molecule has 4 heterocycles. The topological polar surface area (TPSA) is 188 Å². The highest BCUT2D eigenvalue weighted by Crippen LogP contribution is 2.41. The number of β-lactam (4-membered cyclic amide) rings is 1. The number of fused-ring (bicyclic) bond motifs is 1. The van der Waals surface area contributed by atoms with Crippen molar-refractivity contribution in [3.63, 3.8) is 0 Å². The number of benzene rings is 1. The molecule has 5 rings (SSSR count). The number of thiazole rings is 1. The molecule has 228 valence electrons. The number of carbonyl (C=O) groups excluding carboxylic acids is 2. The van der Waals surface area contributed by atoms with E-state index < -0.39 is 41.2 Å². The van der Waals surface area contributed by atoms with Gasteiger partial charge in [-0.05, 0) is 12.5 Å². The number of nitrogens with one attached hydrogen (secondary N) is 1. The summed E-state index contributed by atoms with van der Waals surface area (Å²) < 4.78 is 1.59. The molecule has 1 aromatic carbocycles. The average molecular weight is 656 g/mol. The van der Waals surface area contributed by atoms with Crippen molar-refractivity contribution in [1.29, 1.82) is 0 Å². The number of nitrogens with two attached hydrogens (primary N) is 1. The van der Waals surface area contributed by atoms with Crippen molar-refractivity contribution in [1.82, 2.24) is 15.2 Å². The Morgan fingerprint density at radius 1 is 1.23 bits per heavy atom. The Bertz CT molecular complexity index is 1640. The van der Waals surface area contributed by atoms with Crippen LogP contribution in [-0.2, 0) is 24.0 Å². The summed E-state index contributed by atoms with van der Waals surface area (Å²) in [5.41, 5.74) is 6.85. The number of carboxylic acids is 2. The van der Waals surface area contributed by atoms with E-state index in [4.69, 9.17) is 10.6 Å². The molecule has 13 nitrogen and oxygen atoms in total. The fourth-order valence-corrected chi connectivity index (χ4v) is 7.59. The van der Waals surface area contributed by atoms with E-state index >= 15 is 0 Å². The van der Waals surface area contributed by atoms with E-state index in [0.717, 1.165) is 16.2 Å². The number of oxime groups is 1. The van der Waals surface area contributed by atoms with Crippen molar-refractivity contribution < 1.29 is 38.8 Å². The van der Waals surface area contributed by atoms with Crippen molar-refractivity contribution in [2.75, 3.05) is 23.8 Å². The number of nitrogens with zero attached hydrogens (tertiary/aromatic N) is 4. The van der Waals surface area contributed by atoms with E-state index in [1.807, 2.05) is 6.07 Å². The minimum absolute atomic E-state index is 0.103. The van der Waals surface area contributed by atoms with E-state index in [0.29, 0.717) is 22.6 Å².